The number of aliphatic hydroxyl groups excluding tert-OH is 1. The highest BCUT2D eigenvalue weighted by Crippen LogP contribution is 2.31. The molecule has 0 atom stereocenters. The highest BCUT2D eigenvalue weighted by atomic mass is 35.5. The van der Waals surface area contributed by atoms with Crippen molar-refractivity contribution in [1.29, 1.82) is 0 Å². The van der Waals surface area contributed by atoms with Gasteiger partial charge in [0.1, 0.15) is 5.82 Å². The number of nitrogens with one attached hydrogen (secondary N) is 1. The van der Waals surface area contributed by atoms with Crippen LogP contribution in [0.15, 0.2) is 18.2 Å². The molecule has 0 aliphatic carbocycles. The molecule has 7 nitrogen and oxygen atoms in total. The summed E-state index contributed by atoms with van der Waals surface area (Å²) < 4.78 is 7.48. The average Bonchev–Trinajstić information content (AvgIpc) is 3.35. The van der Waals surface area contributed by atoms with E-state index < -0.39 is 5.41 Å². The Labute approximate surface area is 192 Å². The van der Waals surface area contributed by atoms with E-state index in [0.29, 0.717) is 24.2 Å². The van der Waals surface area contributed by atoms with E-state index in [2.05, 4.69) is 10.2 Å². The van der Waals surface area contributed by atoms with Crippen molar-refractivity contribution in [1.82, 2.24) is 14.7 Å². The van der Waals surface area contributed by atoms with Crippen LogP contribution in [0.3, 0.4) is 0 Å². The molecule has 2 N–H and O–H groups in total. The van der Waals surface area contributed by atoms with Gasteiger partial charge in [0.25, 0.3) is 5.91 Å². The lowest BCUT2D eigenvalue weighted by atomic mass is 9.93. The zero-order valence-corrected chi connectivity index (χ0v) is 19.7. The van der Waals surface area contributed by atoms with Gasteiger partial charge in [-0.15, -0.1) is 11.3 Å². The van der Waals surface area contributed by atoms with Crippen molar-refractivity contribution in [3.8, 4) is 0 Å². The Hall–Kier alpha value is -1.45. The second-order valence-electron chi connectivity index (χ2n) is 9.25. The van der Waals surface area contributed by atoms with Crippen molar-refractivity contribution < 1.29 is 14.6 Å². The minimum atomic E-state index is -0.903. The highest BCUT2D eigenvalue weighted by molar-refractivity contribution is 7.16. The second kappa shape index (κ2) is 9.58. The predicted molar refractivity (Wildman–Crippen MR) is 123 cm³/mol. The molecule has 2 fully saturated rings. The summed E-state index contributed by atoms with van der Waals surface area (Å²) >= 11 is 7.56. The third kappa shape index (κ3) is 5.31. The maximum Gasteiger partial charge on any atom is 0.256 e. The van der Waals surface area contributed by atoms with Crippen molar-refractivity contribution in [2.24, 2.45) is 11.3 Å². The fourth-order valence-corrected chi connectivity index (χ4v) is 5.05. The first-order valence-corrected chi connectivity index (χ1v) is 12.1. The van der Waals surface area contributed by atoms with Crippen LogP contribution >= 0.6 is 22.9 Å². The molecule has 0 spiro atoms. The fourth-order valence-electron chi connectivity index (χ4n) is 4.02. The number of aliphatic hydroxyl groups is 1. The molecule has 0 saturated carbocycles. The number of nitrogens with zero attached hydrogens (tertiary/aromatic N) is 3. The van der Waals surface area contributed by atoms with Gasteiger partial charge in [-0.25, -0.2) is 0 Å². The minimum Gasteiger partial charge on any atom is -0.395 e. The van der Waals surface area contributed by atoms with E-state index in [1.165, 1.54) is 16.0 Å². The Balaban J connectivity index is 1.47. The molecular formula is C22H31ClN4O3S. The Morgan fingerprint density at radius 3 is 2.68 bits per heavy atom. The quantitative estimate of drug-likeness (QED) is 0.617. The zero-order valence-electron chi connectivity index (χ0n) is 18.1. The topological polar surface area (TPSA) is 79.6 Å². The molecule has 9 heteroatoms. The summed E-state index contributed by atoms with van der Waals surface area (Å²) in [6.07, 6.45) is 2.06. The molecule has 0 aromatic carbocycles. The molecule has 0 radical (unpaired) electrons. The lowest BCUT2D eigenvalue weighted by Crippen LogP contribution is -2.42. The van der Waals surface area contributed by atoms with Gasteiger partial charge in [0.2, 0.25) is 0 Å². The summed E-state index contributed by atoms with van der Waals surface area (Å²) in [4.78, 5) is 16.7. The number of thiophene rings is 1. The first-order valence-electron chi connectivity index (χ1n) is 10.9. The molecule has 4 heterocycles. The van der Waals surface area contributed by atoms with Gasteiger partial charge in [0.05, 0.1) is 41.8 Å². The molecule has 2 aromatic heterocycles. The van der Waals surface area contributed by atoms with Crippen molar-refractivity contribution >= 4 is 34.7 Å². The third-order valence-electron chi connectivity index (χ3n) is 6.20. The number of carbonyl (C=O) groups excluding carboxylic acids is 1. The van der Waals surface area contributed by atoms with Crippen LogP contribution in [0.1, 0.15) is 48.0 Å². The molecule has 0 amide bonds. The van der Waals surface area contributed by atoms with Crippen LogP contribution in [0.25, 0.3) is 0 Å². The Morgan fingerprint density at radius 1 is 1.35 bits per heavy atom. The van der Waals surface area contributed by atoms with E-state index in [1.807, 2.05) is 18.2 Å². The van der Waals surface area contributed by atoms with Crippen LogP contribution in [0.5, 0.6) is 0 Å². The van der Waals surface area contributed by atoms with Crippen LogP contribution in [0.2, 0.25) is 4.34 Å². The van der Waals surface area contributed by atoms with Gasteiger partial charge in [0.15, 0.2) is 0 Å². The van der Waals surface area contributed by atoms with E-state index >= 15 is 0 Å². The lowest BCUT2D eigenvalue weighted by Gasteiger charge is -2.36. The standard InChI is InChI=1S/C22H31ClN4O3S/c1-22(2,14-28)21(29)27-20(24-10-17-3-4-19(23)31-17)9-18(25-27)16-5-7-26(8-6-16)11-15-12-30-13-15/h3-4,9,15-16,24,28H,5-8,10-14H2,1-2H3. The van der Waals surface area contributed by atoms with Crippen LogP contribution < -0.4 is 5.32 Å². The van der Waals surface area contributed by atoms with Gasteiger partial charge < -0.3 is 20.1 Å². The first-order chi connectivity index (χ1) is 14.9. The van der Waals surface area contributed by atoms with Crippen molar-refractivity contribution in [2.75, 3.05) is 44.8 Å². The molecule has 2 aliphatic rings. The monoisotopic (exact) mass is 466 g/mol. The molecule has 31 heavy (non-hydrogen) atoms. The lowest BCUT2D eigenvalue weighted by molar-refractivity contribution is -0.0487. The van der Waals surface area contributed by atoms with Crippen molar-refractivity contribution in [2.45, 2.75) is 39.2 Å². The molecule has 170 valence electrons. The van der Waals surface area contributed by atoms with Gasteiger partial charge in [-0.1, -0.05) is 11.6 Å². The number of halogens is 1. The average molecular weight is 467 g/mol. The van der Waals surface area contributed by atoms with E-state index in [-0.39, 0.29) is 12.5 Å². The van der Waals surface area contributed by atoms with Crippen LogP contribution in [0, 0.1) is 11.3 Å². The number of aromatic nitrogens is 2. The number of anilines is 1. The molecule has 0 unspecified atom stereocenters. The van der Waals surface area contributed by atoms with Crippen LogP contribution in [-0.4, -0.2) is 65.1 Å². The smallest absolute Gasteiger partial charge is 0.256 e. The van der Waals surface area contributed by atoms with Crippen LogP contribution in [-0.2, 0) is 11.3 Å². The summed E-state index contributed by atoms with van der Waals surface area (Å²) in [5.74, 6) is 1.46. The third-order valence-corrected chi connectivity index (χ3v) is 7.43. The molecule has 2 aliphatic heterocycles. The van der Waals surface area contributed by atoms with Crippen molar-refractivity contribution in [3.05, 3.63) is 33.1 Å². The predicted octanol–water partition coefficient (Wildman–Crippen LogP) is 3.69. The number of hydrogen-bond acceptors (Lipinski definition) is 7. The van der Waals surface area contributed by atoms with Gasteiger partial charge in [0, 0.05) is 29.3 Å². The minimum absolute atomic E-state index is 0.213. The number of likely N-dealkylation sites (tertiary alicyclic amines) is 1. The van der Waals surface area contributed by atoms with E-state index in [4.69, 9.17) is 21.4 Å². The van der Waals surface area contributed by atoms with Gasteiger partial charge in [-0.2, -0.15) is 9.78 Å². The van der Waals surface area contributed by atoms with Crippen molar-refractivity contribution in [3.63, 3.8) is 0 Å². The number of carbonyl (C=O) groups is 1. The maximum absolute atomic E-state index is 13.1. The second-order valence-corrected chi connectivity index (χ2v) is 11.1. The van der Waals surface area contributed by atoms with Gasteiger partial charge in [-0.05, 0) is 51.9 Å². The summed E-state index contributed by atoms with van der Waals surface area (Å²) in [6, 6.07) is 5.85. The zero-order chi connectivity index (χ0) is 22.0. The fraction of sp³-hybridized carbons (Fsp3) is 0.636. The first kappa shape index (κ1) is 22.7. The number of piperidine rings is 1. The largest absolute Gasteiger partial charge is 0.395 e. The summed E-state index contributed by atoms with van der Waals surface area (Å²) in [7, 11) is 0. The summed E-state index contributed by atoms with van der Waals surface area (Å²) in [5, 5.41) is 17.8. The Kier molecular flexibility index (Phi) is 7.03. The normalized spacial score (nSPS) is 18.8. The molecule has 2 saturated heterocycles. The maximum atomic E-state index is 13.1. The van der Waals surface area contributed by atoms with Crippen LogP contribution in [0.4, 0.5) is 5.82 Å². The Bertz CT molecular complexity index is 900. The van der Waals surface area contributed by atoms with E-state index in [9.17, 15) is 9.90 Å². The Morgan fingerprint density at radius 2 is 2.10 bits per heavy atom. The van der Waals surface area contributed by atoms with Gasteiger partial charge in [-0.3, -0.25) is 4.79 Å². The molecule has 2 aromatic rings. The molecule has 0 bridgehead atoms. The molecular weight excluding hydrogens is 436 g/mol. The summed E-state index contributed by atoms with van der Waals surface area (Å²) in [5.41, 5.74) is 0.0422. The molecule has 4 rings (SSSR count). The highest BCUT2D eigenvalue weighted by Gasteiger charge is 2.33. The van der Waals surface area contributed by atoms with E-state index in [0.717, 1.165) is 60.6 Å². The van der Waals surface area contributed by atoms with E-state index in [1.54, 1.807) is 13.8 Å². The summed E-state index contributed by atoms with van der Waals surface area (Å²) in [6.45, 7) is 8.78. The SMILES string of the molecule is CC(C)(CO)C(=O)n1nc(C2CCN(CC3COC3)CC2)cc1NCc1ccc(Cl)s1. The van der Waals surface area contributed by atoms with Gasteiger partial charge >= 0.3 is 0 Å². The number of ether oxygens (including phenoxy) is 1. The number of hydrogen-bond donors (Lipinski definition) is 2. The number of rotatable bonds is 8.